The van der Waals surface area contributed by atoms with Crippen molar-refractivity contribution >= 4 is 5.91 Å². The average Bonchev–Trinajstić information content (AvgIpc) is 3.66. The van der Waals surface area contributed by atoms with Gasteiger partial charge in [0.05, 0.1) is 5.60 Å². The molecule has 5 unspecified atom stereocenters. The van der Waals surface area contributed by atoms with E-state index in [9.17, 15) is 9.90 Å². The zero-order chi connectivity index (χ0) is 25.4. The van der Waals surface area contributed by atoms with Crippen LogP contribution >= 0.6 is 0 Å². The Labute approximate surface area is 223 Å². The quantitative estimate of drug-likeness (QED) is 0.677. The van der Waals surface area contributed by atoms with Gasteiger partial charge in [0.2, 0.25) is 0 Å². The van der Waals surface area contributed by atoms with Crippen LogP contribution < -0.4 is 4.74 Å². The number of phenolic OH excluding ortho intramolecular Hbond substituents is 1. The minimum atomic E-state index is -0.488. The Morgan fingerprint density at radius 3 is 2.74 bits per heavy atom. The van der Waals surface area contributed by atoms with Crippen LogP contribution in [0.4, 0.5) is 0 Å². The molecular weight excluding hydrogens is 478 g/mol. The summed E-state index contributed by atoms with van der Waals surface area (Å²) in [5.41, 5.74) is 2.29. The summed E-state index contributed by atoms with van der Waals surface area (Å²) in [4.78, 5) is 21.6. The van der Waals surface area contributed by atoms with E-state index in [4.69, 9.17) is 9.47 Å². The van der Waals surface area contributed by atoms with Gasteiger partial charge in [0.25, 0.3) is 5.91 Å². The highest BCUT2D eigenvalue weighted by molar-refractivity contribution is 5.87. The van der Waals surface area contributed by atoms with Crippen LogP contribution in [0.5, 0.6) is 11.5 Å². The van der Waals surface area contributed by atoms with Crippen LogP contribution in [0.3, 0.4) is 0 Å². The first-order valence-corrected chi connectivity index (χ1v) is 14.5. The first-order chi connectivity index (χ1) is 18.5. The third kappa shape index (κ3) is 2.38. The molecule has 0 radical (unpaired) electrons. The molecule has 7 nitrogen and oxygen atoms in total. The molecule has 1 N–H and O–H groups in total. The van der Waals surface area contributed by atoms with Crippen LogP contribution in [0.15, 0.2) is 42.5 Å². The van der Waals surface area contributed by atoms with Gasteiger partial charge in [-0.25, -0.2) is 0 Å². The molecular formula is C31H35N3O4. The summed E-state index contributed by atoms with van der Waals surface area (Å²) >= 11 is 0. The highest BCUT2D eigenvalue weighted by Gasteiger charge is 2.84. The van der Waals surface area contributed by atoms with Gasteiger partial charge in [-0.3, -0.25) is 14.6 Å². The largest absolute Gasteiger partial charge is 0.504 e. The molecule has 1 spiro atoms. The van der Waals surface area contributed by atoms with Gasteiger partial charge in [0.1, 0.15) is 18.5 Å². The molecule has 5 bridgehead atoms. The van der Waals surface area contributed by atoms with Crippen LogP contribution in [0.25, 0.3) is 0 Å². The van der Waals surface area contributed by atoms with Crippen molar-refractivity contribution in [3.8, 4) is 11.5 Å². The predicted octanol–water partition coefficient (Wildman–Crippen LogP) is 3.24. The summed E-state index contributed by atoms with van der Waals surface area (Å²) in [6, 6.07) is 14.5. The first kappa shape index (κ1) is 22.2. The smallest absolute Gasteiger partial charge is 0.254 e. The standard InChI is InChI=1S/C31H35N3O4/c1-32-18-37-25-22(35)10-9-21-15-23-30-11-12-31(32)27(29(30,24(21)25)13-14-33(23)16-20-7-8-20)26(38-30)28(36)34(31)17-19-5-3-2-4-6-19/h2-6,9-10,20,23,26-27,35H,7-8,11-18H2,1H3/t23?,26-,27?,29?,30?,31?/m0/s1. The molecule has 2 saturated carbocycles. The van der Waals surface area contributed by atoms with Gasteiger partial charge in [-0.05, 0) is 75.2 Å². The van der Waals surface area contributed by atoms with E-state index in [2.05, 4.69) is 39.9 Å². The lowest BCUT2D eigenvalue weighted by Gasteiger charge is -2.68. The number of piperidine rings is 1. The Morgan fingerprint density at radius 2 is 1.92 bits per heavy atom. The minimum Gasteiger partial charge on any atom is -0.504 e. The summed E-state index contributed by atoms with van der Waals surface area (Å²) in [6.07, 6.45) is 5.82. The molecule has 4 aliphatic heterocycles. The summed E-state index contributed by atoms with van der Waals surface area (Å²) in [5, 5.41) is 11.1. The highest BCUT2D eigenvalue weighted by Crippen LogP contribution is 2.74. The van der Waals surface area contributed by atoms with Gasteiger partial charge < -0.3 is 19.5 Å². The van der Waals surface area contributed by atoms with E-state index >= 15 is 0 Å². The molecule has 7 aliphatic rings. The van der Waals surface area contributed by atoms with Crippen molar-refractivity contribution in [2.75, 3.05) is 26.9 Å². The fraction of sp³-hybridized carbons (Fsp3) is 0.581. The van der Waals surface area contributed by atoms with Crippen molar-refractivity contribution in [1.29, 1.82) is 0 Å². The van der Waals surface area contributed by atoms with Crippen LogP contribution in [-0.2, 0) is 27.9 Å². The summed E-state index contributed by atoms with van der Waals surface area (Å²) in [6.45, 7) is 3.04. The maximum atomic E-state index is 14.5. The maximum Gasteiger partial charge on any atom is 0.254 e. The van der Waals surface area contributed by atoms with E-state index in [1.165, 1.54) is 18.4 Å². The molecule has 0 aromatic heterocycles. The first-order valence-electron chi connectivity index (χ1n) is 14.5. The summed E-state index contributed by atoms with van der Waals surface area (Å²) in [5.74, 6) is 1.76. The molecule has 1 amide bonds. The van der Waals surface area contributed by atoms with Gasteiger partial charge in [-0.15, -0.1) is 0 Å². The van der Waals surface area contributed by atoms with Gasteiger partial charge in [-0.2, -0.15) is 0 Å². The molecule has 6 atom stereocenters. The number of carbonyl (C=O) groups excluding carboxylic acids is 1. The molecule has 2 aromatic rings. The molecule has 198 valence electrons. The lowest BCUT2D eigenvalue weighted by atomic mass is 9.44. The number of phenols is 1. The van der Waals surface area contributed by atoms with Crippen LogP contribution in [0.2, 0.25) is 0 Å². The highest BCUT2D eigenvalue weighted by atomic mass is 16.5. The average molecular weight is 514 g/mol. The van der Waals surface area contributed by atoms with E-state index in [1.807, 2.05) is 24.3 Å². The minimum absolute atomic E-state index is 0.000891. The number of aromatic hydroxyl groups is 1. The molecule has 5 fully saturated rings. The van der Waals surface area contributed by atoms with Crippen molar-refractivity contribution in [1.82, 2.24) is 14.7 Å². The summed E-state index contributed by atoms with van der Waals surface area (Å²) < 4.78 is 13.8. The third-order valence-electron chi connectivity index (χ3n) is 11.6. The fourth-order valence-corrected chi connectivity index (χ4v) is 10.0. The Balaban J connectivity index is 1.29. The summed E-state index contributed by atoms with van der Waals surface area (Å²) in [7, 11) is 2.10. The number of hydrogen-bond donors (Lipinski definition) is 1. The molecule has 4 heterocycles. The fourth-order valence-electron chi connectivity index (χ4n) is 10.0. The molecule has 38 heavy (non-hydrogen) atoms. The zero-order valence-electron chi connectivity index (χ0n) is 21.9. The van der Waals surface area contributed by atoms with E-state index < -0.39 is 17.4 Å². The second-order valence-corrected chi connectivity index (χ2v) is 13.0. The topological polar surface area (TPSA) is 65.5 Å². The van der Waals surface area contributed by atoms with Crippen LogP contribution in [-0.4, -0.2) is 76.0 Å². The van der Waals surface area contributed by atoms with E-state index in [-0.39, 0.29) is 29.0 Å². The van der Waals surface area contributed by atoms with Crippen molar-refractivity contribution in [3.63, 3.8) is 0 Å². The monoisotopic (exact) mass is 513 g/mol. The molecule has 9 rings (SSSR count). The van der Waals surface area contributed by atoms with Crippen molar-refractivity contribution in [2.24, 2.45) is 11.8 Å². The van der Waals surface area contributed by atoms with Crippen molar-refractivity contribution in [2.45, 2.75) is 73.9 Å². The number of hydrogen-bond acceptors (Lipinski definition) is 6. The van der Waals surface area contributed by atoms with Crippen LogP contribution in [0, 0.1) is 11.8 Å². The molecule has 3 aliphatic carbocycles. The van der Waals surface area contributed by atoms with Gasteiger partial charge >= 0.3 is 0 Å². The SMILES string of the molecule is CN1COc2c(O)ccc3c2C24CCN(CC5CC5)C(C3)C23CCC12C4[C@H](O3)C(=O)N2Cc1ccccc1. The second-order valence-electron chi connectivity index (χ2n) is 13.0. The lowest BCUT2D eigenvalue weighted by molar-refractivity contribution is -0.214. The van der Waals surface area contributed by atoms with E-state index in [0.717, 1.165) is 55.8 Å². The number of rotatable bonds is 4. The van der Waals surface area contributed by atoms with Crippen molar-refractivity contribution < 1.29 is 19.4 Å². The predicted molar refractivity (Wildman–Crippen MR) is 139 cm³/mol. The Bertz CT molecular complexity index is 1360. The lowest BCUT2D eigenvalue weighted by Crippen LogP contribution is -2.78. The van der Waals surface area contributed by atoms with E-state index in [1.54, 1.807) is 0 Å². The Hall–Kier alpha value is -2.61. The number of carbonyl (C=O) groups is 1. The number of amides is 1. The number of ether oxygens (including phenoxy) is 2. The number of benzene rings is 2. The normalized spacial score (nSPS) is 40.6. The molecule has 3 saturated heterocycles. The maximum absolute atomic E-state index is 14.5. The number of nitrogens with zero attached hydrogens (tertiary/aromatic N) is 3. The molecule has 2 aromatic carbocycles. The van der Waals surface area contributed by atoms with E-state index in [0.29, 0.717) is 19.0 Å². The molecule has 7 heteroatoms. The van der Waals surface area contributed by atoms with Gasteiger partial charge in [0.15, 0.2) is 11.5 Å². The second kappa shape index (κ2) is 7.12. The Morgan fingerprint density at radius 1 is 1.08 bits per heavy atom. The van der Waals surface area contributed by atoms with Crippen molar-refractivity contribution in [3.05, 3.63) is 59.2 Å². The third-order valence-corrected chi connectivity index (χ3v) is 11.6. The van der Waals surface area contributed by atoms with Gasteiger partial charge in [0, 0.05) is 36.0 Å². The van der Waals surface area contributed by atoms with Crippen LogP contribution in [0.1, 0.15) is 48.8 Å². The number of likely N-dealkylation sites (tertiary alicyclic amines) is 2. The zero-order valence-corrected chi connectivity index (χ0v) is 21.9. The Kier molecular flexibility index (Phi) is 4.16. The van der Waals surface area contributed by atoms with Gasteiger partial charge in [-0.1, -0.05) is 36.4 Å².